The summed E-state index contributed by atoms with van der Waals surface area (Å²) in [7, 11) is 3.52. The third-order valence-electron chi connectivity index (χ3n) is 7.58. The lowest BCUT2D eigenvalue weighted by molar-refractivity contribution is -0.127. The van der Waals surface area contributed by atoms with E-state index in [9.17, 15) is 18.8 Å². The van der Waals surface area contributed by atoms with Gasteiger partial charge in [0.25, 0.3) is 0 Å². The number of aromatic nitrogens is 4. The number of rotatable bonds is 9. The molecule has 0 bridgehead atoms. The molecule has 5 aromatic rings. The molecule has 254 valence electrons. The van der Waals surface area contributed by atoms with Gasteiger partial charge in [-0.15, -0.1) is 11.3 Å². The lowest BCUT2D eigenvalue weighted by Crippen LogP contribution is -2.37. The molecule has 0 fully saturated rings. The van der Waals surface area contributed by atoms with Gasteiger partial charge >= 0.3 is 0 Å². The fourth-order valence-corrected chi connectivity index (χ4v) is 6.30. The van der Waals surface area contributed by atoms with E-state index in [-0.39, 0.29) is 12.2 Å². The van der Waals surface area contributed by atoms with Crippen LogP contribution in [-0.2, 0) is 34.4 Å². The maximum atomic E-state index is 14.7. The van der Waals surface area contributed by atoms with Crippen LogP contribution in [0.15, 0.2) is 85.6 Å². The number of amides is 1. The number of pyridine rings is 1. The van der Waals surface area contributed by atoms with Crippen LogP contribution >= 0.6 is 11.3 Å². The SMILES string of the molecule is C=CC(=O)N1CCn2nc(-c3nc(-c4ccc5c(c4)c(C#N)cn5C)c4ccsc4c3C=C(F)/C=C/F)cc2C1.C=COCCOC.CC. The second-order valence-electron chi connectivity index (χ2n) is 10.4. The van der Waals surface area contributed by atoms with E-state index in [1.54, 1.807) is 18.2 Å². The molecule has 9 nitrogen and oxygen atoms in total. The minimum absolute atomic E-state index is 0.154. The van der Waals surface area contributed by atoms with Gasteiger partial charge in [0.15, 0.2) is 0 Å². The number of hydrogen-bond donors (Lipinski definition) is 0. The molecule has 1 aliphatic heterocycles. The number of carbonyl (C=O) groups excluding carboxylic acids is 1. The first kappa shape index (κ1) is 36.5. The third-order valence-corrected chi connectivity index (χ3v) is 8.53. The van der Waals surface area contributed by atoms with E-state index in [0.717, 1.165) is 38.3 Å². The van der Waals surface area contributed by atoms with Crippen molar-refractivity contribution in [1.29, 1.82) is 5.26 Å². The Morgan fingerprint density at radius 2 is 1.94 bits per heavy atom. The van der Waals surface area contributed by atoms with Gasteiger partial charge in [-0.2, -0.15) is 10.4 Å². The van der Waals surface area contributed by atoms with Crippen molar-refractivity contribution in [2.45, 2.75) is 26.9 Å². The highest BCUT2D eigenvalue weighted by atomic mass is 32.1. The number of nitrogens with zero attached hydrogens (tertiary/aromatic N) is 6. The van der Waals surface area contributed by atoms with Gasteiger partial charge in [0, 0.05) is 65.1 Å². The van der Waals surface area contributed by atoms with E-state index in [4.69, 9.17) is 14.8 Å². The van der Waals surface area contributed by atoms with Crippen LogP contribution in [0.25, 0.3) is 49.7 Å². The van der Waals surface area contributed by atoms with Crippen LogP contribution < -0.4 is 0 Å². The molecule has 1 aromatic carbocycles. The van der Waals surface area contributed by atoms with Gasteiger partial charge in [-0.05, 0) is 41.8 Å². The summed E-state index contributed by atoms with van der Waals surface area (Å²) in [5.41, 5.74) is 5.18. The minimum Gasteiger partial charge on any atom is -0.499 e. The average Bonchev–Trinajstić information content (AvgIpc) is 3.86. The average molecular weight is 685 g/mol. The monoisotopic (exact) mass is 684 g/mol. The minimum atomic E-state index is -0.760. The fraction of sp³-hybridized carbons (Fsp3) is 0.243. The normalized spacial score (nSPS) is 12.5. The van der Waals surface area contributed by atoms with Crippen LogP contribution in [0, 0.1) is 11.3 Å². The first-order valence-corrected chi connectivity index (χ1v) is 16.5. The Kier molecular flexibility index (Phi) is 12.8. The summed E-state index contributed by atoms with van der Waals surface area (Å²) in [6.07, 6.45) is 6.65. The summed E-state index contributed by atoms with van der Waals surface area (Å²) in [6, 6.07) is 11.9. The molecular formula is C37H38F2N6O3S. The highest BCUT2D eigenvalue weighted by Gasteiger charge is 2.24. The Morgan fingerprint density at radius 3 is 2.63 bits per heavy atom. The molecule has 0 radical (unpaired) electrons. The molecule has 0 N–H and O–H groups in total. The number of fused-ring (bicyclic) bond motifs is 3. The molecule has 0 saturated heterocycles. The van der Waals surface area contributed by atoms with Crippen LogP contribution in [0.5, 0.6) is 0 Å². The van der Waals surface area contributed by atoms with Gasteiger partial charge in [0.05, 0.1) is 49.2 Å². The lowest BCUT2D eigenvalue weighted by atomic mass is 10.0. The summed E-state index contributed by atoms with van der Waals surface area (Å²) >= 11 is 1.43. The first-order chi connectivity index (χ1) is 23.8. The molecule has 1 amide bonds. The lowest BCUT2D eigenvalue weighted by Gasteiger charge is -2.26. The molecule has 4 aromatic heterocycles. The first-order valence-electron chi connectivity index (χ1n) is 15.6. The predicted octanol–water partition coefficient (Wildman–Crippen LogP) is 8.33. The number of ether oxygens (including phenoxy) is 2. The standard InChI is InChI=1S/C30H22F2N6OS.C5H10O2.C2H6/c1-3-27(39)37-9-10-38-21(17-37)14-25(35-38)29-24(13-20(32)6-8-31)30-22(7-11-40-30)28(34-29)18-4-5-26-23(12-18)19(15-33)16-36(26)2;1-3-7-5-4-6-2;1-2/h3-8,11-14,16H,1,9-10,17H2,2H3;3H,1,4-5H2,2H3;1-2H3/b8-6+,20-13?;;. The van der Waals surface area contributed by atoms with Gasteiger partial charge in [0.2, 0.25) is 5.91 Å². The van der Waals surface area contributed by atoms with Crippen molar-refractivity contribution in [2.24, 2.45) is 7.05 Å². The Hall–Kier alpha value is -5.38. The maximum absolute atomic E-state index is 14.7. The highest BCUT2D eigenvalue weighted by Crippen LogP contribution is 2.40. The molecule has 0 spiro atoms. The van der Waals surface area contributed by atoms with Crippen molar-refractivity contribution in [2.75, 3.05) is 26.9 Å². The molecule has 0 saturated carbocycles. The van der Waals surface area contributed by atoms with Crippen LogP contribution in [-0.4, -0.2) is 57.0 Å². The number of benzene rings is 1. The number of thiophene rings is 1. The van der Waals surface area contributed by atoms with E-state index in [2.05, 4.69) is 24.0 Å². The van der Waals surface area contributed by atoms with E-state index in [1.807, 2.05) is 65.9 Å². The van der Waals surface area contributed by atoms with E-state index >= 15 is 0 Å². The third kappa shape index (κ3) is 8.02. The molecule has 0 unspecified atom stereocenters. The van der Waals surface area contributed by atoms with Gasteiger partial charge in [-0.25, -0.2) is 13.8 Å². The van der Waals surface area contributed by atoms with Crippen molar-refractivity contribution in [3.8, 4) is 28.7 Å². The number of nitriles is 1. The van der Waals surface area contributed by atoms with Crippen LogP contribution in [0.3, 0.4) is 0 Å². The van der Waals surface area contributed by atoms with Crippen LogP contribution in [0.4, 0.5) is 8.78 Å². The van der Waals surface area contributed by atoms with Gasteiger partial charge in [-0.3, -0.25) is 9.48 Å². The summed E-state index contributed by atoms with van der Waals surface area (Å²) in [4.78, 5) is 18.9. The van der Waals surface area contributed by atoms with Crippen molar-refractivity contribution in [3.63, 3.8) is 0 Å². The number of allylic oxidation sites excluding steroid dienone is 2. The molecular weight excluding hydrogens is 647 g/mol. The number of carbonyl (C=O) groups is 1. The van der Waals surface area contributed by atoms with E-state index in [0.29, 0.717) is 61.1 Å². The zero-order valence-electron chi connectivity index (χ0n) is 28.0. The molecule has 1 aliphatic rings. The largest absolute Gasteiger partial charge is 0.499 e. The van der Waals surface area contributed by atoms with Crippen molar-refractivity contribution in [1.82, 2.24) is 24.2 Å². The zero-order chi connectivity index (χ0) is 35.5. The van der Waals surface area contributed by atoms with E-state index in [1.165, 1.54) is 29.8 Å². The molecule has 6 rings (SSSR count). The predicted molar refractivity (Wildman–Crippen MR) is 192 cm³/mol. The second-order valence-corrected chi connectivity index (χ2v) is 11.4. The van der Waals surface area contributed by atoms with Crippen molar-refractivity contribution in [3.05, 3.63) is 102 Å². The number of hydrogen-bond acceptors (Lipinski definition) is 7. The fourth-order valence-electron chi connectivity index (χ4n) is 5.38. The number of methoxy groups -OCH3 is 1. The van der Waals surface area contributed by atoms with Gasteiger partial charge in [0.1, 0.15) is 29.9 Å². The Morgan fingerprint density at radius 1 is 1.14 bits per heavy atom. The van der Waals surface area contributed by atoms with Crippen LogP contribution in [0.1, 0.15) is 30.7 Å². The molecule has 5 heterocycles. The highest BCUT2D eigenvalue weighted by molar-refractivity contribution is 7.17. The number of aryl methyl sites for hydroxylation is 1. The Bertz CT molecular complexity index is 2070. The Labute approximate surface area is 288 Å². The summed E-state index contributed by atoms with van der Waals surface area (Å²) < 4.78 is 41.4. The molecule has 0 aliphatic carbocycles. The Balaban J connectivity index is 0.000000537. The van der Waals surface area contributed by atoms with Gasteiger partial charge < -0.3 is 18.9 Å². The summed E-state index contributed by atoms with van der Waals surface area (Å²) in [6.45, 7) is 13.5. The topological polar surface area (TPSA) is 98.2 Å². The van der Waals surface area contributed by atoms with Crippen LogP contribution in [0.2, 0.25) is 0 Å². The zero-order valence-corrected chi connectivity index (χ0v) is 28.8. The van der Waals surface area contributed by atoms with E-state index < -0.39 is 5.83 Å². The quantitative estimate of drug-likeness (QED) is 0.0670. The molecule has 0 atom stereocenters. The second kappa shape index (κ2) is 17.1. The smallest absolute Gasteiger partial charge is 0.246 e. The van der Waals surface area contributed by atoms with Gasteiger partial charge in [-0.1, -0.05) is 33.1 Å². The summed E-state index contributed by atoms with van der Waals surface area (Å²) in [5, 5.41) is 17.9. The van der Waals surface area contributed by atoms with Crippen molar-refractivity contribution < 1.29 is 23.0 Å². The molecule has 12 heteroatoms. The maximum Gasteiger partial charge on any atom is 0.246 e. The summed E-state index contributed by atoms with van der Waals surface area (Å²) in [5.74, 6) is -0.921. The van der Waals surface area contributed by atoms with Crippen molar-refractivity contribution >= 4 is 44.3 Å². The number of halogens is 2. The molecule has 49 heavy (non-hydrogen) atoms.